The second kappa shape index (κ2) is 5.62. The molecule has 1 heterocycles. The molecule has 0 aromatic heterocycles. The van der Waals surface area contributed by atoms with Gasteiger partial charge in [0.05, 0.1) is 22.9 Å². The Hall–Kier alpha value is -1.54. The number of hydrogen-bond acceptors (Lipinski definition) is 4. The quantitative estimate of drug-likeness (QED) is 0.914. The van der Waals surface area contributed by atoms with E-state index in [2.05, 4.69) is 24.2 Å². The number of aliphatic imine (C=N–C) groups is 1. The van der Waals surface area contributed by atoms with Crippen LogP contribution in [0.3, 0.4) is 0 Å². The number of nitrogens with one attached hydrogen (secondary N) is 1. The molecule has 1 aliphatic rings. The number of nitriles is 1. The van der Waals surface area contributed by atoms with Crippen LogP contribution in [-0.4, -0.2) is 16.5 Å². The van der Waals surface area contributed by atoms with Gasteiger partial charge in [0.1, 0.15) is 5.82 Å². The molecule has 0 aliphatic carbocycles. The summed E-state index contributed by atoms with van der Waals surface area (Å²) >= 11 is 1.62. The standard InChI is InChI=1S/C14H16FN3S/c1-3-14(4-2)9-19-13(18-14)17-12-6-5-10(8-16)7-11(12)15/h5-7H,3-4,9H2,1-2H3,(H,17,18). The highest BCUT2D eigenvalue weighted by molar-refractivity contribution is 8.14. The summed E-state index contributed by atoms with van der Waals surface area (Å²) in [7, 11) is 0. The number of nitrogens with zero attached hydrogens (tertiary/aromatic N) is 2. The second-order valence-electron chi connectivity index (χ2n) is 4.57. The lowest BCUT2D eigenvalue weighted by molar-refractivity contribution is 0.456. The molecule has 0 saturated carbocycles. The molecule has 0 amide bonds. The third kappa shape index (κ3) is 2.90. The van der Waals surface area contributed by atoms with Crippen molar-refractivity contribution in [2.24, 2.45) is 4.99 Å². The summed E-state index contributed by atoms with van der Waals surface area (Å²) in [6.07, 6.45) is 1.97. The molecule has 0 atom stereocenters. The largest absolute Gasteiger partial charge is 0.333 e. The monoisotopic (exact) mass is 277 g/mol. The van der Waals surface area contributed by atoms with Crippen LogP contribution >= 0.6 is 11.8 Å². The zero-order chi connectivity index (χ0) is 13.9. The molecule has 0 bridgehead atoms. The van der Waals surface area contributed by atoms with Crippen LogP contribution in [-0.2, 0) is 0 Å². The van der Waals surface area contributed by atoms with Gasteiger partial charge in [-0.25, -0.2) is 4.39 Å². The Morgan fingerprint density at radius 2 is 2.21 bits per heavy atom. The molecule has 1 aliphatic heterocycles. The molecule has 1 aromatic rings. The summed E-state index contributed by atoms with van der Waals surface area (Å²) < 4.78 is 13.8. The first-order valence-corrected chi connectivity index (χ1v) is 7.30. The first-order valence-electron chi connectivity index (χ1n) is 6.32. The van der Waals surface area contributed by atoms with Crippen molar-refractivity contribution < 1.29 is 4.39 Å². The molecular weight excluding hydrogens is 261 g/mol. The fourth-order valence-corrected chi connectivity index (χ4v) is 3.28. The van der Waals surface area contributed by atoms with E-state index in [1.165, 1.54) is 6.07 Å². The highest BCUT2D eigenvalue weighted by Gasteiger charge is 2.32. The Kier molecular flexibility index (Phi) is 4.11. The number of thioether (sulfide) groups is 1. The highest BCUT2D eigenvalue weighted by Crippen LogP contribution is 2.34. The molecule has 19 heavy (non-hydrogen) atoms. The number of benzene rings is 1. The topological polar surface area (TPSA) is 48.2 Å². The zero-order valence-corrected chi connectivity index (χ0v) is 11.9. The van der Waals surface area contributed by atoms with Gasteiger partial charge in [-0.1, -0.05) is 25.6 Å². The van der Waals surface area contributed by atoms with Gasteiger partial charge in [-0.3, -0.25) is 4.99 Å². The third-order valence-corrected chi connectivity index (χ3v) is 4.62. The van der Waals surface area contributed by atoms with Crippen LogP contribution < -0.4 is 5.32 Å². The Morgan fingerprint density at radius 3 is 2.74 bits per heavy atom. The molecule has 100 valence electrons. The van der Waals surface area contributed by atoms with Gasteiger partial charge >= 0.3 is 0 Å². The lowest BCUT2D eigenvalue weighted by atomic mass is 9.97. The number of rotatable bonds is 3. The third-order valence-electron chi connectivity index (χ3n) is 3.47. The average molecular weight is 277 g/mol. The molecule has 2 rings (SSSR count). The smallest absolute Gasteiger partial charge is 0.161 e. The van der Waals surface area contributed by atoms with Crippen LogP contribution in [0, 0.1) is 17.1 Å². The van der Waals surface area contributed by atoms with Crippen LogP contribution in [0.2, 0.25) is 0 Å². The van der Waals surface area contributed by atoms with Crippen LogP contribution in [0.15, 0.2) is 23.2 Å². The van der Waals surface area contributed by atoms with Gasteiger partial charge in [0.2, 0.25) is 0 Å². The van der Waals surface area contributed by atoms with Gasteiger partial charge in [-0.2, -0.15) is 5.26 Å². The van der Waals surface area contributed by atoms with Crippen molar-refractivity contribution in [3.05, 3.63) is 29.6 Å². The lowest BCUT2D eigenvalue weighted by Crippen LogP contribution is -2.24. The first kappa shape index (κ1) is 13.9. The maximum absolute atomic E-state index is 13.8. The molecule has 0 unspecified atom stereocenters. The van der Waals surface area contributed by atoms with E-state index in [4.69, 9.17) is 5.26 Å². The van der Waals surface area contributed by atoms with Crippen molar-refractivity contribution in [1.82, 2.24) is 0 Å². The van der Waals surface area contributed by atoms with Crippen molar-refractivity contribution >= 4 is 22.6 Å². The van der Waals surface area contributed by atoms with Crippen LogP contribution in [0.1, 0.15) is 32.3 Å². The van der Waals surface area contributed by atoms with Gasteiger partial charge in [0.25, 0.3) is 0 Å². The van der Waals surface area contributed by atoms with Crippen molar-refractivity contribution in [2.45, 2.75) is 32.2 Å². The van der Waals surface area contributed by atoms with Crippen LogP contribution in [0.25, 0.3) is 0 Å². The highest BCUT2D eigenvalue weighted by atomic mass is 32.2. The van der Waals surface area contributed by atoms with E-state index in [-0.39, 0.29) is 5.54 Å². The maximum atomic E-state index is 13.8. The van der Waals surface area contributed by atoms with Gasteiger partial charge in [0, 0.05) is 5.75 Å². The van der Waals surface area contributed by atoms with Crippen LogP contribution in [0.4, 0.5) is 10.1 Å². The molecule has 0 spiro atoms. The molecular formula is C14H16FN3S. The number of hydrogen-bond donors (Lipinski definition) is 1. The van der Waals surface area contributed by atoms with Crippen molar-refractivity contribution in [3.63, 3.8) is 0 Å². The van der Waals surface area contributed by atoms with E-state index in [0.717, 1.165) is 23.8 Å². The van der Waals surface area contributed by atoms with Gasteiger partial charge in [0.15, 0.2) is 5.17 Å². The molecule has 3 nitrogen and oxygen atoms in total. The van der Waals surface area contributed by atoms with Crippen molar-refractivity contribution in [2.75, 3.05) is 11.1 Å². The number of halogens is 1. The Morgan fingerprint density at radius 1 is 1.47 bits per heavy atom. The van der Waals surface area contributed by atoms with Gasteiger partial charge in [-0.15, -0.1) is 0 Å². The van der Waals surface area contributed by atoms with Gasteiger partial charge < -0.3 is 5.32 Å². The minimum Gasteiger partial charge on any atom is -0.333 e. The van der Waals surface area contributed by atoms with Gasteiger partial charge in [-0.05, 0) is 31.0 Å². The molecule has 0 fully saturated rings. The predicted molar refractivity (Wildman–Crippen MR) is 77.9 cm³/mol. The first-order chi connectivity index (χ1) is 9.12. The summed E-state index contributed by atoms with van der Waals surface area (Å²) in [5.41, 5.74) is 0.671. The number of amidine groups is 1. The van der Waals surface area contributed by atoms with Crippen molar-refractivity contribution in [3.8, 4) is 6.07 Å². The average Bonchev–Trinajstić information content (AvgIpc) is 2.85. The molecule has 5 heteroatoms. The van der Waals surface area contributed by atoms with E-state index >= 15 is 0 Å². The Bertz CT molecular complexity index is 544. The summed E-state index contributed by atoms with van der Waals surface area (Å²) in [5, 5.41) is 12.5. The predicted octanol–water partition coefficient (Wildman–Crippen LogP) is 3.77. The molecule has 0 radical (unpaired) electrons. The summed E-state index contributed by atoms with van der Waals surface area (Å²) in [6.45, 7) is 4.25. The van der Waals surface area contributed by atoms with E-state index in [9.17, 15) is 4.39 Å². The van der Waals surface area contributed by atoms with E-state index in [1.807, 2.05) is 6.07 Å². The molecule has 1 aromatic carbocycles. The molecule has 0 saturated heterocycles. The fraction of sp³-hybridized carbons (Fsp3) is 0.429. The second-order valence-corrected chi connectivity index (χ2v) is 5.53. The van der Waals surface area contributed by atoms with Crippen LogP contribution in [0.5, 0.6) is 0 Å². The van der Waals surface area contributed by atoms with Crippen molar-refractivity contribution in [1.29, 1.82) is 5.26 Å². The lowest BCUT2D eigenvalue weighted by Gasteiger charge is -2.20. The minimum atomic E-state index is -0.423. The van der Waals surface area contributed by atoms with E-state index in [0.29, 0.717) is 11.3 Å². The minimum absolute atomic E-state index is 0.0178. The van der Waals surface area contributed by atoms with E-state index < -0.39 is 5.82 Å². The normalized spacial score (nSPS) is 16.8. The maximum Gasteiger partial charge on any atom is 0.161 e. The zero-order valence-electron chi connectivity index (χ0n) is 11.0. The molecule has 1 N–H and O–H groups in total. The Labute approximate surface area is 116 Å². The summed E-state index contributed by atoms with van der Waals surface area (Å²) in [5.74, 6) is 0.507. The fourth-order valence-electron chi connectivity index (χ4n) is 1.96. The summed E-state index contributed by atoms with van der Waals surface area (Å²) in [4.78, 5) is 4.67. The van der Waals surface area contributed by atoms with E-state index in [1.54, 1.807) is 23.9 Å². The Balaban J connectivity index is 2.17. The SMILES string of the molecule is CCC1(CC)CSC(Nc2ccc(C#N)cc2F)=N1. The number of anilines is 1. The summed E-state index contributed by atoms with van der Waals surface area (Å²) in [6, 6.07) is 6.32.